The molecule has 0 radical (unpaired) electrons. The molecule has 0 bridgehead atoms. The van der Waals surface area contributed by atoms with E-state index >= 15 is 0 Å². The highest BCUT2D eigenvalue weighted by atomic mass is 19.4. The predicted molar refractivity (Wildman–Crippen MR) is 101 cm³/mol. The van der Waals surface area contributed by atoms with E-state index in [2.05, 4.69) is 16.4 Å². The minimum atomic E-state index is -4.23. The molecule has 2 aliphatic rings. The number of alkyl halides is 3. The van der Waals surface area contributed by atoms with E-state index in [1.165, 1.54) is 30.5 Å². The molecular formula is C22H21F3N2O. The van der Waals surface area contributed by atoms with Crippen LogP contribution < -0.4 is 5.32 Å². The largest absolute Gasteiger partial charge is 0.393 e. The molecule has 1 saturated heterocycles. The van der Waals surface area contributed by atoms with Crippen molar-refractivity contribution in [2.24, 2.45) is 0 Å². The summed E-state index contributed by atoms with van der Waals surface area (Å²) in [4.78, 5) is 16.1. The number of rotatable bonds is 5. The lowest BCUT2D eigenvalue weighted by molar-refractivity contribution is -0.127. The number of pyridine rings is 1. The molecule has 0 unspecified atom stereocenters. The van der Waals surface area contributed by atoms with Crippen molar-refractivity contribution in [3.63, 3.8) is 0 Å². The molecular weight excluding hydrogens is 365 g/mol. The molecule has 1 aromatic heterocycles. The SMILES string of the molecule is O=C1CC[C@H](/C=C(\c2ccc(CC(F)(F)F)cc2)c2ccc(C3CC3)cn2)N1. The summed E-state index contributed by atoms with van der Waals surface area (Å²) >= 11 is 0. The van der Waals surface area contributed by atoms with Crippen LogP contribution >= 0.6 is 0 Å². The van der Waals surface area contributed by atoms with E-state index in [1.807, 2.05) is 18.3 Å². The maximum absolute atomic E-state index is 12.6. The van der Waals surface area contributed by atoms with E-state index in [1.54, 1.807) is 12.1 Å². The summed E-state index contributed by atoms with van der Waals surface area (Å²) < 4.78 is 37.9. The van der Waals surface area contributed by atoms with Crippen LogP contribution in [-0.2, 0) is 11.2 Å². The maximum atomic E-state index is 12.6. The Morgan fingerprint density at radius 2 is 1.86 bits per heavy atom. The van der Waals surface area contributed by atoms with E-state index in [9.17, 15) is 18.0 Å². The van der Waals surface area contributed by atoms with E-state index < -0.39 is 12.6 Å². The van der Waals surface area contributed by atoms with Gasteiger partial charge >= 0.3 is 6.18 Å². The monoisotopic (exact) mass is 386 g/mol. The van der Waals surface area contributed by atoms with Gasteiger partial charge in [-0.15, -0.1) is 0 Å². The Kier molecular flexibility index (Phi) is 4.96. The summed E-state index contributed by atoms with van der Waals surface area (Å²) in [7, 11) is 0. The number of halogens is 3. The van der Waals surface area contributed by atoms with Crippen LogP contribution in [-0.4, -0.2) is 23.1 Å². The molecule has 2 heterocycles. The molecule has 6 heteroatoms. The lowest BCUT2D eigenvalue weighted by Gasteiger charge is -2.13. The standard InChI is InChI=1S/C22H21F3N2O/c23-22(24,25)12-14-1-3-16(4-2-14)19(11-18-8-10-21(28)27-18)20-9-7-17(13-26-20)15-5-6-15/h1-4,7,9,11,13,15,18H,5-6,8,10,12H2,(H,27,28)/b19-11+/t18-/m1/s1. The van der Waals surface area contributed by atoms with Gasteiger partial charge < -0.3 is 5.32 Å². The van der Waals surface area contributed by atoms with Crippen LogP contribution in [0, 0.1) is 0 Å². The van der Waals surface area contributed by atoms with Crippen LogP contribution in [0.5, 0.6) is 0 Å². The van der Waals surface area contributed by atoms with Crippen molar-refractivity contribution in [1.82, 2.24) is 10.3 Å². The molecule has 3 nitrogen and oxygen atoms in total. The first-order valence-electron chi connectivity index (χ1n) is 9.51. The average Bonchev–Trinajstić information content (AvgIpc) is 3.42. The van der Waals surface area contributed by atoms with Gasteiger partial charge in [0.15, 0.2) is 0 Å². The third-order valence-corrected chi connectivity index (χ3v) is 5.18. The topological polar surface area (TPSA) is 42.0 Å². The Balaban J connectivity index is 1.64. The van der Waals surface area contributed by atoms with E-state index in [-0.39, 0.29) is 17.5 Å². The van der Waals surface area contributed by atoms with Crippen LogP contribution in [0.3, 0.4) is 0 Å². The highest BCUT2D eigenvalue weighted by molar-refractivity contribution is 5.82. The first-order chi connectivity index (χ1) is 13.4. The summed E-state index contributed by atoms with van der Waals surface area (Å²) in [6.45, 7) is 0. The van der Waals surface area contributed by atoms with Crippen molar-refractivity contribution < 1.29 is 18.0 Å². The zero-order valence-corrected chi connectivity index (χ0v) is 15.3. The summed E-state index contributed by atoms with van der Waals surface area (Å²) in [6.07, 6.45) is 2.24. The van der Waals surface area contributed by atoms with Crippen LogP contribution in [0.2, 0.25) is 0 Å². The third kappa shape index (κ3) is 4.61. The lowest BCUT2D eigenvalue weighted by Crippen LogP contribution is -2.23. The second kappa shape index (κ2) is 7.41. The summed E-state index contributed by atoms with van der Waals surface area (Å²) in [6, 6.07) is 10.3. The highest BCUT2D eigenvalue weighted by Crippen LogP contribution is 2.40. The quantitative estimate of drug-likeness (QED) is 0.804. The fourth-order valence-electron chi connectivity index (χ4n) is 3.55. The fourth-order valence-corrected chi connectivity index (χ4v) is 3.55. The molecule has 146 valence electrons. The lowest BCUT2D eigenvalue weighted by atomic mass is 9.97. The van der Waals surface area contributed by atoms with Gasteiger partial charge in [0.05, 0.1) is 12.1 Å². The van der Waals surface area contributed by atoms with Crippen molar-refractivity contribution in [1.29, 1.82) is 0 Å². The second-order valence-corrected chi connectivity index (χ2v) is 7.53. The Labute approximate surface area is 161 Å². The minimum absolute atomic E-state index is 0.0122. The Morgan fingerprint density at radius 3 is 2.39 bits per heavy atom. The fraction of sp³-hybridized carbons (Fsp3) is 0.364. The summed E-state index contributed by atoms with van der Waals surface area (Å²) in [5, 5.41) is 2.91. The average molecular weight is 386 g/mol. The second-order valence-electron chi connectivity index (χ2n) is 7.53. The Hall–Kier alpha value is -2.63. The number of nitrogens with one attached hydrogen (secondary N) is 1. The number of hydrogen-bond acceptors (Lipinski definition) is 2. The first-order valence-corrected chi connectivity index (χ1v) is 9.51. The molecule has 1 amide bonds. The van der Waals surface area contributed by atoms with Crippen molar-refractivity contribution in [3.05, 3.63) is 71.1 Å². The normalized spacial score (nSPS) is 20.3. The zero-order chi connectivity index (χ0) is 19.7. The molecule has 4 rings (SSSR count). The third-order valence-electron chi connectivity index (χ3n) is 5.18. The number of nitrogens with zero attached hydrogens (tertiary/aromatic N) is 1. The van der Waals surface area contributed by atoms with Crippen molar-refractivity contribution in [2.75, 3.05) is 0 Å². The smallest absolute Gasteiger partial charge is 0.350 e. The van der Waals surface area contributed by atoms with Gasteiger partial charge in [-0.1, -0.05) is 36.4 Å². The van der Waals surface area contributed by atoms with Gasteiger partial charge in [0, 0.05) is 24.2 Å². The van der Waals surface area contributed by atoms with Crippen LogP contribution in [0.15, 0.2) is 48.7 Å². The molecule has 0 spiro atoms. The number of hydrogen-bond donors (Lipinski definition) is 1. The summed E-state index contributed by atoms with van der Waals surface area (Å²) in [5.41, 5.74) is 3.82. The number of benzene rings is 1. The van der Waals surface area contributed by atoms with Gasteiger partial charge in [-0.3, -0.25) is 9.78 Å². The van der Waals surface area contributed by atoms with E-state index in [0.717, 1.165) is 16.8 Å². The van der Waals surface area contributed by atoms with Gasteiger partial charge in [0.2, 0.25) is 5.91 Å². The molecule has 1 aliphatic heterocycles. The van der Waals surface area contributed by atoms with Crippen molar-refractivity contribution in [3.8, 4) is 0 Å². The molecule has 1 aromatic carbocycles. The van der Waals surface area contributed by atoms with Crippen molar-refractivity contribution in [2.45, 2.75) is 50.2 Å². The summed E-state index contributed by atoms with van der Waals surface area (Å²) in [5.74, 6) is 0.614. The van der Waals surface area contributed by atoms with Crippen LogP contribution in [0.4, 0.5) is 13.2 Å². The van der Waals surface area contributed by atoms with Crippen molar-refractivity contribution >= 4 is 11.5 Å². The molecule has 1 saturated carbocycles. The molecule has 2 fully saturated rings. The number of amides is 1. The number of aromatic nitrogens is 1. The van der Waals surface area contributed by atoms with Gasteiger partial charge in [-0.2, -0.15) is 13.2 Å². The molecule has 1 N–H and O–H groups in total. The minimum Gasteiger partial charge on any atom is -0.350 e. The molecule has 28 heavy (non-hydrogen) atoms. The number of carbonyl (C=O) groups is 1. The van der Waals surface area contributed by atoms with Crippen LogP contribution in [0.1, 0.15) is 54.0 Å². The van der Waals surface area contributed by atoms with Gasteiger partial charge in [0.1, 0.15) is 0 Å². The highest BCUT2D eigenvalue weighted by Gasteiger charge is 2.28. The first kappa shape index (κ1) is 18.7. The molecule has 1 aliphatic carbocycles. The predicted octanol–water partition coefficient (Wildman–Crippen LogP) is 4.77. The maximum Gasteiger partial charge on any atom is 0.393 e. The Morgan fingerprint density at radius 1 is 1.11 bits per heavy atom. The van der Waals surface area contributed by atoms with Crippen LogP contribution in [0.25, 0.3) is 5.57 Å². The van der Waals surface area contributed by atoms with Gasteiger partial charge in [-0.25, -0.2) is 0 Å². The molecule has 2 aromatic rings. The zero-order valence-electron chi connectivity index (χ0n) is 15.3. The molecule has 1 atom stereocenters. The number of carbonyl (C=O) groups excluding carboxylic acids is 1. The van der Waals surface area contributed by atoms with E-state index in [4.69, 9.17) is 0 Å². The Bertz CT molecular complexity index is 881. The van der Waals surface area contributed by atoms with Gasteiger partial charge in [0.25, 0.3) is 0 Å². The van der Waals surface area contributed by atoms with Gasteiger partial charge in [-0.05, 0) is 47.9 Å². The van der Waals surface area contributed by atoms with E-state index in [0.29, 0.717) is 18.8 Å².